The zero-order chi connectivity index (χ0) is 26.8. The van der Waals surface area contributed by atoms with Crippen molar-refractivity contribution in [3.63, 3.8) is 0 Å². The van der Waals surface area contributed by atoms with Crippen LogP contribution >= 0.6 is 0 Å². The summed E-state index contributed by atoms with van der Waals surface area (Å²) in [5, 5.41) is 3.44. The van der Waals surface area contributed by atoms with Crippen LogP contribution in [0.25, 0.3) is 16.9 Å². The first-order valence-electron chi connectivity index (χ1n) is 13.6. The van der Waals surface area contributed by atoms with Gasteiger partial charge in [0.15, 0.2) is 5.82 Å². The number of nitrogens with one attached hydrogen (secondary N) is 1. The maximum Gasteiger partial charge on any atom is 0.296 e. The van der Waals surface area contributed by atoms with E-state index in [-0.39, 0.29) is 5.82 Å². The van der Waals surface area contributed by atoms with E-state index < -0.39 is 6.43 Å². The fourth-order valence-electron chi connectivity index (χ4n) is 5.39. The molecule has 6 rings (SSSR count). The third kappa shape index (κ3) is 5.52. The summed E-state index contributed by atoms with van der Waals surface area (Å²) >= 11 is 0. The summed E-state index contributed by atoms with van der Waals surface area (Å²) in [6.45, 7) is 7.37. The summed E-state index contributed by atoms with van der Waals surface area (Å²) in [7, 11) is 0. The van der Waals surface area contributed by atoms with Crippen molar-refractivity contribution in [3.05, 3.63) is 66.0 Å². The summed E-state index contributed by atoms with van der Waals surface area (Å²) in [4.78, 5) is 18.3. The second-order valence-electron chi connectivity index (χ2n) is 10.2. The molecular weight excluding hydrogens is 500 g/mol. The lowest BCUT2D eigenvalue weighted by Crippen LogP contribution is -2.37. The Morgan fingerprint density at radius 2 is 1.62 bits per heavy atom. The van der Waals surface area contributed by atoms with Crippen LogP contribution in [0.5, 0.6) is 0 Å². The highest BCUT2D eigenvalue weighted by molar-refractivity contribution is 5.78. The number of aromatic nitrogens is 4. The van der Waals surface area contributed by atoms with Crippen molar-refractivity contribution in [3.8, 4) is 5.82 Å². The fourth-order valence-corrected chi connectivity index (χ4v) is 5.39. The lowest BCUT2D eigenvalue weighted by Gasteiger charge is -2.34. The largest absolute Gasteiger partial charge is 0.378 e. The first-order valence-corrected chi connectivity index (χ1v) is 13.6. The molecule has 1 N–H and O–H groups in total. The summed E-state index contributed by atoms with van der Waals surface area (Å²) in [5.74, 6) is 1.66. The van der Waals surface area contributed by atoms with Crippen LogP contribution < -0.4 is 15.1 Å². The molecule has 10 heteroatoms. The lowest BCUT2D eigenvalue weighted by atomic mass is 9.96. The maximum atomic E-state index is 14.1. The van der Waals surface area contributed by atoms with Crippen LogP contribution in [-0.4, -0.2) is 65.5 Å². The normalized spacial score (nSPS) is 16.8. The van der Waals surface area contributed by atoms with Crippen LogP contribution in [-0.2, 0) is 4.74 Å². The molecule has 39 heavy (non-hydrogen) atoms. The van der Waals surface area contributed by atoms with E-state index in [4.69, 9.17) is 14.7 Å². The van der Waals surface area contributed by atoms with E-state index >= 15 is 0 Å². The molecule has 2 aromatic heterocycles. The van der Waals surface area contributed by atoms with Gasteiger partial charge in [0.05, 0.1) is 24.2 Å². The molecule has 2 fully saturated rings. The van der Waals surface area contributed by atoms with E-state index in [1.165, 1.54) is 15.8 Å². The molecular formula is C29H33F2N7O. The third-order valence-electron chi connectivity index (χ3n) is 7.61. The first-order chi connectivity index (χ1) is 19.0. The molecule has 2 aromatic carbocycles. The lowest BCUT2D eigenvalue weighted by molar-refractivity contribution is 0.122. The number of para-hydroxylation sites is 2. The van der Waals surface area contributed by atoms with Gasteiger partial charge in [0, 0.05) is 44.5 Å². The molecule has 2 saturated heterocycles. The Morgan fingerprint density at radius 3 is 2.36 bits per heavy atom. The SMILES string of the molecule is Cc1ccc(N2CCC(CNc3nc(N4CCOCC4)cc(-n4c(C(F)F)nc5ccccc54)n3)CC2)cc1. The molecule has 0 radical (unpaired) electrons. The van der Waals surface area contributed by atoms with Crippen molar-refractivity contribution in [1.82, 2.24) is 19.5 Å². The monoisotopic (exact) mass is 533 g/mol. The molecule has 0 bridgehead atoms. The summed E-state index contributed by atoms with van der Waals surface area (Å²) in [6.07, 6.45) is -0.633. The molecule has 204 valence electrons. The van der Waals surface area contributed by atoms with Crippen LogP contribution in [0.15, 0.2) is 54.6 Å². The minimum Gasteiger partial charge on any atom is -0.378 e. The average molecular weight is 534 g/mol. The predicted octanol–water partition coefficient (Wildman–Crippen LogP) is 5.23. The number of halogens is 2. The van der Waals surface area contributed by atoms with Crippen molar-refractivity contribution in [2.45, 2.75) is 26.2 Å². The van der Waals surface area contributed by atoms with Gasteiger partial charge >= 0.3 is 0 Å². The number of anilines is 3. The molecule has 0 amide bonds. The molecule has 0 aliphatic carbocycles. The van der Waals surface area contributed by atoms with Crippen molar-refractivity contribution in [1.29, 1.82) is 0 Å². The minimum absolute atomic E-state index is 0.322. The highest BCUT2D eigenvalue weighted by Gasteiger charge is 2.24. The van der Waals surface area contributed by atoms with E-state index in [0.717, 1.165) is 32.5 Å². The molecule has 4 heterocycles. The number of hydrogen-bond donors (Lipinski definition) is 1. The van der Waals surface area contributed by atoms with E-state index in [1.807, 2.05) is 6.07 Å². The number of benzene rings is 2. The van der Waals surface area contributed by atoms with Gasteiger partial charge in [-0.1, -0.05) is 29.8 Å². The fraction of sp³-hybridized carbons (Fsp3) is 0.414. The average Bonchev–Trinajstić information content (AvgIpc) is 3.37. The number of rotatable bonds is 7. The van der Waals surface area contributed by atoms with Crippen LogP contribution in [0, 0.1) is 12.8 Å². The molecule has 8 nitrogen and oxygen atoms in total. The molecule has 4 aromatic rings. The number of hydrogen-bond acceptors (Lipinski definition) is 7. The highest BCUT2D eigenvalue weighted by Crippen LogP contribution is 2.30. The number of ether oxygens (including phenoxy) is 1. The Morgan fingerprint density at radius 1 is 0.897 bits per heavy atom. The topological polar surface area (TPSA) is 71.3 Å². The van der Waals surface area contributed by atoms with Gasteiger partial charge in [-0.2, -0.15) is 9.97 Å². The van der Waals surface area contributed by atoms with Crippen molar-refractivity contribution in [2.75, 3.05) is 61.1 Å². The smallest absolute Gasteiger partial charge is 0.296 e. The van der Waals surface area contributed by atoms with E-state index in [9.17, 15) is 8.78 Å². The van der Waals surface area contributed by atoms with Crippen molar-refractivity contribution >= 4 is 28.5 Å². The van der Waals surface area contributed by atoms with Gasteiger partial charge < -0.3 is 19.9 Å². The number of nitrogens with zero attached hydrogens (tertiary/aromatic N) is 6. The number of imidazole rings is 1. The standard InChI is InChI=1S/C29H33F2N7O/c1-20-6-8-22(9-7-20)36-12-10-21(11-13-36)19-32-29-34-25(37-14-16-39-17-15-37)18-26(35-29)38-24-5-3-2-4-23(24)33-28(38)27(30)31/h2-9,18,21,27H,10-17,19H2,1H3,(H,32,34,35). The maximum absolute atomic E-state index is 14.1. The molecule has 2 aliphatic heterocycles. The van der Waals surface area contributed by atoms with Crippen LogP contribution in [0.2, 0.25) is 0 Å². The number of morpholine rings is 1. The molecule has 0 spiro atoms. The van der Waals surface area contributed by atoms with Crippen molar-refractivity contribution < 1.29 is 13.5 Å². The molecule has 0 saturated carbocycles. The zero-order valence-corrected chi connectivity index (χ0v) is 22.1. The number of alkyl halides is 2. The summed E-state index contributed by atoms with van der Waals surface area (Å²) in [6, 6.07) is 17.6. The van der Waals surface area contributed by atoms with E-state index in [1.54, 1.807) is 24.3 Å². The van der Waals surface area contributed by atoms with Gasteiger partial charge in [-0.15, -0.1) is 0 Å². The first kappa shape index (κ1) is 25.5. The second-order valence-corrected chi connectivity index (χ2v) is 10.2. The minimum atomic E-state index is -2.74. The van der Waals surface area contributed by atoms with E-state index in [0.29, 0.717) is 60.8 Å². The van der Waals surface area contributed by atoms with Gasteiger partial charge in [-0.05, 0) is 49.9 Å². The Hall–Kier alpha value is -3.79. The summed E-state index contributed by atoms with van der Waals surface area (Å²) < 4.78 is 35.2. The quantitative estimate of drug-likeness (QED) is 0.349. The number of fused-ring (bicyclic) bond motifs is 1. The van der Waals surface area contributed by atoms with Gasteiger partial charge in [0.1, 0.15) is 11.6 Å². The van der Waals surface area contributed by atoms with Crippen LogP contribution in [0.3, 0.4) is 0 Å². The molecule has 0 unspecified atom stereocenters. The van der Waals surface area contributed by atoms with E-state index in [2.05, 4.69) is 51.3 Å². The highest BCUT2D eigenvalue weighted by atomic mass is 19.3. The number of aryl methyl sites for hydroxylation is 1. The van der Waals surface area contributed by atoms with Gasteiger partial charge in [-0.25, -0.2) is 13.8 Å². The Labute approximate surface area is 226 Å². The predicted molar refractivity (Wildman–Crippen MR) is 149 cm³/mol. The molecule has 0 atom stereocenters. The van der Waals surface area contributed by atoms with Crippen LogP contribution in [0.1, 0.15) is 30.7 Å². The Balaban J connectivity index is 1.24. The number of piperidine rings is 1. The van der Waals surface area contributed by atoms with Crippen LogP contribution in [0.4, 0.5) is 26.2 Å². The van der Waals surface area contributed by atoms with Gasteiger partial charge in [0.2, 0.25) is 5.95 Å². The third-order valence-corrected chi connectivity index (χ3v) is 7.61. The molecule has 2 aliphatic rings. The Kier molecular flexibility index (Phi) is 7.28. The Bertz CT molecular complexity index is 1410. The van der Waals surface area contributed by atoms with Crippen molar-refractivity contribution in [2.24, 2.45) is 5.92 Å². The zero-order valence-electron chi connectivity index (χ0n) is 22.1. The van der Waals surface area contributed by atoms with Gasteiger partial charge in [-0.3, -0.25) is 4.57 Å². The van der Waals surface area contributed by atoms with Gasteiger partial charge in [0.25, 0.3) is 6.43 Å². The summed E-state index contributed by atoms with van der Waals surface area (Å²) in [5.41, 5.74) is 3.63. The second kappa shape index (κ2) is 11.1.